The van der Waals surface area contributed by atoms with Crippen LogP contribution in [-0.4, -0.2) is 6.29 Å². The summed E-state index contributed by atoms with van der Waals surface area (Å²) in [5.74, 6) is -0.362. The Morgan fingerprint density at radius 1 is 1.33 bits per heavy atom. The summed E-state index contributed by atoms with van der Waals surface area (Å²) in [5.41, 5.74) is 2.57. The highest BCUT2D eigenvalue weighted by molar-refractivity contribution is 5.87. The van der Waals surface area contributed by atoms with Crippen LogP contribution in [0.2, 0.25) is 0 Å². The minimum Gasteiger partial charge on any atom is -0.295 e. The van der Waals surface area contributed by atoms with Crippen molar-refractivity contribution < 1.29 is 9.18 Å². The van der Waals surface area contributed by atoms with E-state index in [1.54, 1.807) is 0 Å². The lowest BCUT2D eigenvalue weighted by Gasteiger charge is -2.06. The number of carbonyl (C=O) groups is 1. The van der Waals surface area contributed by atoms with E-state index in [9.17, 15) is 9.18 Å². The van der Waals surface area contributed by atoms with Crippen LogP contribution in [0.5, 0.6) is 0 Å². The normalized spacial score (nSPS) is 17.2. The predicted molar refractivity (Wildman–Crippen MR) is 58.0 cm³/mol. The zero-order valence-corrected chi connectivity index (χ0v) is 8.66. The molecule has 0 N–H and O–H groups in total. The molecular weight excluding hydrogens is 191 g/mol. The number of aryl methyl sites for hydroxylation is 1. The van der Waals surface area contributed by atoms with Crippen LogP contribution in [0.25, 0.3) is 5.57 Å². The van der Waals surface area contributed by atoms with E-state index >= 15 is 0 Å². The Bertz CT molecular complexity index is 399. The quantitative estimate of drug-likeness (QED) is 0.545. The second kappa shape index (κ2) is 3.97. The molecule has 0 heterocycles. The Labute approximate surface area is 88.6 Å². The Morgan fingerprint density at radius 3 is 2.40 bits per heavy atom. The van der Waals surface area contributed by atoms with Gasteiger partial charge < -0.3 is 0 Å². The third-order valence-corrected chi connectivity index (χ3v) is 2.71. The maximum absolute atomic E-state index is 13.4. The van der Waals surface area contributed by atoms with Gasteiger partial charge in [0, 0.05) is 5.57 Å². The van der Waals surface area contributed by atoms with Gasteiger partial charge in [-0.05, 0) is 31.2 Å². The lowest BCUT2D eigenvalue weighted by Crippen LogP contribution is -1.92. The van der Waals surface area contributed by atoms with Crippen molar-refractivity contribution in [3.8, 4) is 0 Å². The van der Waals surface area contributed by atoms with Crippen molar-refractivity contribution in [3.63, 3.8) is 0 Å². The van der Waals surface area contributed by atoms with Crippen LogP contribution >= 0.6 is 0 Å². The SMILES string of the molecule is Cc1ccc(/C(=C(\F)C=O)C2CC2)cc1. The molecule has 1 fully saturated rings. The molecule has 15 heavy (non-hydrogen) atoms. The van der Waals surface area contributed by atoms with Gasteiger partial charge in [-0.2, -0.15) is 0 Å². The number of aldehydes is 1. The third-order valence-electron chi connectivity index (χ3n) is 2.71. The molecule has 1 aliphatic rings. The second-order valence-corrected chi connectivity index (χ2v) is 4.02. The Balaban J connectivity index is 2.41. The minimum absolute atomic E-state index is 0.248. The summed E-state index contributed by atoms with van der Waals surface area (Å²) in [6.07, 6.45) is 2.29. The van der Waals surface area contributed by atoms with E-state index < -0.39 is 5.83 Å². The van der Waals surface area contributed by atoms with Gasteiger partial charge in [0.2, 0.25) is 0 Å². The van der Waals surface area contributed by atoms with Gasteiger partial charge in [0.15, 0.2) is 12.1 Å². The fourth-order valence-corrected chi connectivity index (χ4v) is 1.74. The molecule has 1 saturated carbocycles. The zero-order chi connectivity index (χ0) is 10.8. The van der Waals surface area contributed by atoms with Gasteiger partial charge in [0.25, 0.3) is 0 Å². The van der Waals surface area contributed by atoms with E-state index in [1.807, 2.05) is 31.2 Å². The number of benzene rings is 1. The van der Waals surface area contributed by atoms with E-state index in [0.29, 0.717) is 11.9 Å². The molecule has 2 rings (SSSR count). The molecule has 0 spiro atoms. The summed E-state index contributed by atoms with van der Waals surface area (Å²) >= 11 is 0. The number of allylic oxidation sites excluding steroid dienone is 2. The van der Waals surface area contributed by atoms with Gasteiger partial charge in [0.1, 0.15) is 0 Å². The first-order valence-electron chi connectivity index (χ1n) is 5.14. The van der Waals surface area contributed by atoms with Crippen molar-refractivity contribution in [3.05, 3.63) is 41.2 Å². The molecule has 0 saturated heterocycles. The molecule has 0 unspecified atom stereocenters. The summed E-state index contributed by atoms with van der Waals surface area (Å²) in [4.78, 5) is 10.5. The lowest BCUT2D eigenvalue weighted by atomic mass is 9.99. The number of hydrogen-bond acceptors (Lipinski definition) is 1. The van der Waals surface area contributed by atoms with E-state index in [2.05, 4.69) is 0 Å². The monoisotopic (exact) mass is 204 g/mol. The van der Waals surface area contributed by atoms with Crippen LogP contribution in [0.1, 0.15) is 24.0 Å². The van der Waals surface area contributed by atoms with Crippen LogP contribution in [0.4, 0.5) is 4.39 Å². The molecule has 0 bridgehead atoms. The Hall–Kier alpha value is -1.44. The highest BCUT2D eigenvalue weighted by Crippen LogP contribution is 2.43. The highest BCUT2D eigenvalue weighted by atomic mass is 19.1. The molecule has 1 aliphatic carbocycles. The Morgan fingerprint density at radius 2 is 1.93 bits per heavy atom. The average molecular weight is 204 g/mol. The van der Waals surface area contributed by atoms with Gasteiger partial charge >= 0.3 is 0 Å². The van der Waals surface area contributed by atoms with Crippen molar-refractivity contribution in [2.75, 3.05) is 0 Å². The molecule has 0 amide bonds. The van der Waals surface area contributed by atoms with Gasteiger partial charge in [-0.3, -0.25) is 4.79 Å². The maximum Gasteiger partial charge on any atom is 0.178 e. The number of rotatable bonds is 3. The van der Waals surface area contributed by atoms with Crippen LogP contribution in [0.15, 0.2) is 30.1 Å². The van der Waals surface area contributed by atoms with E-state index in [-0.39, 0.29) is 5.92 Å². The van der Waals surface area contributed by atoms with Crippen molar-refractivity contribution in [1.29, 1.82) is 0 Å². The van der Waals surface area contributed by atoms with Gasteiger partial charge in [-0.1, -0.05) is 29.8 Å². The highest BCUT2D eigenvalue weighted by Gasteiger charge is 2.29. The number of halogens is 1. The smallest absolute Gasteiger partial charge is 0.178 e. The summed E-state index contributed by atoms with van der Waals surface area (Å²) in [6, 6.07) is 7.64. The van der Waals surface area contributed by atoms with Gasteiger partial charge in [0.05, 0.1) is 0 Å². The maximum atomic E-state index is 13.4. The van der Waals surface area contributed by atoms with Gasteiger partial charge in [-0.15, -0.1) is 0 Å². The molecule has 2 heteroatoms. The average Bonchev–Trinajstić information content (AvgIpc) is 3.05. The standard InChI is InChI=1S/C13H13FO/c1-9-2-4-10(5-3-9)13(11-6-7-11)12(14)8-15/h2-5,8,11H,6-7H2,1H3/b13-12+. The van der Waals surface area contributed by atoms with Gasteiger partial charge in [-0.25, -0.2) is 4.39 Å². The van der Waals surface area contributed by atoms with Crippen LogP contribution in [0, 0.1) is 12.8 Å². The molecule has 0 aromatic heterocycles. The first-order valence-corrected chi connectivity index (χ1v) is 5.14. The van der Waals surface area contributed by atoms with Crippen LogP contribution < -0.4 is 0 Å². The minimum atomic E-state index is -0.610. The first kappa shape index (κ1) is 10.1. The largest absolute Gasteiger partial charge is 0.295 e. The molecule has 0 radical (unpaired) electrons. The summed E-state index contributed by atoms with van der Waals surface area (Å²) in [7, 11) is 0. The molecule has 1 aromatic carbocycles. The van der Waals surface area contributed by atoms with Crippen molar-refractivity contribution in [2.24, 2.45) is 5.92 Å². The molecule has 1 aromatic rings. The summed E-state index contributed by atoms with van der Waals surface area (Å²) < 4.78 is 13.4. The lowest BCUT2D eigenvalue weighted by molar-refractivity contribution is -0.106. The molecule has 1 nitrogen and oxygen atoms in total. The summed E-state index contributed by atoms with van der Waals surface area (Å²) in [6.45, 7) is 1.99. The Kier molecular flexibility index (Phi) is 2.67. The fourth-order valence-electron chi connectivity index (χ4n) is 1.74. The third kappa shape index (κ3) is 2.14. The molecule has 0 aliphatic heterocycles. The molecular formula is C13H13FO. The van der Waals surface area contributed by atoms with E-state index in [0.717, 1.165) is 24.0 Å². The van der Waals surface area contributed by atoms with Crippen LogP contribution in [0.3, 0.4) is 0 Å². The topological polar surface area (TPSA) is 17.1 Å². The van der Waals surface area contributed by atoms with Crippen molar-refractivity contribution in [2.45, 2.75) is 19.8 Å². The fraction of sp³-hybridized carbons (Fsp3) is 0.308. The first-order chi connectivity index (χ1) is 7.22. The van der Waals surface area contributed by atoms with Crippen molar-refractivity contribution >= 4 is 11.9 Å². The van der Waals surface area contributed by atoms with Crippen LogP contribution in [-0.2, 0) is 4.79 Å². The second-order valence-electron chi connectivity index (χ2n) is 4.02. The molecule has 0 atom stereocenters. The number of hydrogen-bond donors (Lipinski definition) is 0. The van der Waals surface area contributed by atoms with Crippen molar-refractivity contribution in [1.82, 2.24) is 0 Å². The molecule has 78 valence electrons. The summed E-state index contributed by atoms with van der Waals surface area (Å²) in [5, 5.41) is 0. The zero-order valence-electron chi connectivity index (χ0n) is 8.66. The van der Waals surface area contributed by atoms with E-state index in [1.165, 1.54) is 0 Å². The number of carbonyl (C=O) groups excluding carboxylic acids is 1. The van der Waals surface area contributed by atoms with E-state index in [4.69, 9.17) is 0 Å². The predicted octanol–water partition coefficient (Wildman–Crippen LogP) is 3.28.